The summed E-state index contributed by atoms with van der Waals surface area (Å²) in [6.07, 6.45) is 15.8. The first-order chi connectivity index (χ1) is 14.5. The second kappa shape index (κ2) is 13.5. The van der Waals surface area contributed by atoms with Gasteiger partial charge in [-0.2, -0.15) is 0 Å². The summed E-state index contributed by atoms with van der Waals surface area (Å²) in [4.78, 5) is 19.6. The quantitative estimate of drug-likeness (QED) is 0.240. The van der Waals surface area contributed by atoms with Crippen molar-refractivity contribution in [3.05, 3.63) is 47.8 Å². The first-order valence-corrected chi connectivity index (χ1v) is 12.2. The van der Waals surface area contributed by atoms with Gasteiger partial charge in [0.25, 0.3) is 0 Å². The van der Waals surface area contributed by atoms with Gasteiger partial charge in [0, 0.05) is 18.0 Å². The lowest BCUT2D eigenvalue weighted by molar-refractivity contribution is -0.137. The van der Waals surface area contributed by atoms with E-state index in [4.69, 9.17) is 5.11 Å². The molecular formula is C25H35BrN2O2. The fraction of sp³-hybridized carbons (Fsp3) is 0.560. The maximum Gasteiger partial charge on any atom is 0.317 e. The molecule has 0 spiro atoms. The number of alkyl halides is 1. The summed E-state index contributed by atoms with van der Waals surface area (Å²) in [6.45, 7) is 4.21. The van der Waals surface area contributed by atoms with Crippen molar-refractivity contribution in [2.24, 2.45) is 5.92 Å². The van der Waals surface area contributed by atoms with Gasteiger partial charge in [0.1, 0.15) is 4.83 Å². The van der Waals surface area contributed by atoms with Crippen LogP contribution in [0.4, 0.5) is 0 Å². The molecule has 164 valence electrons. The van der Waals surface area contributed by atoms with Crippen molar-refractivity contribution >= 4 is 21.9 Å². The predicted molar refractivity (Wildman–Crippen MR) is 127 cm³/mol. The molecule has 4 nitrogen and oxygen atoms in total. The highest BCUT2D eigenvalue weighted by atomic mass is 79.9. The van der Waals surface area contributed by atoms with E-state index in [0.29, 0.717) is 0 Å². The minimum absolute atomic E-state index is 0.0781. The Morgan fingerprint density at radius 3 is 2.13 bits per heavy atom. The van der Waals surface area contributed by atoms with E-state index >= 15 is 0 Å². The molecule has 1 aromatic heterocycles. The van der Waals surface area contributed by atoms with Crippen LogP contribution in [0, 0.1) is 5.92 Å². The van der Waals surface area contributed by atoms with Gasteiger partial charge in [-0.05, 0) is 42.7 Å². The second-order valence-corrected chi connectivity index (χ2v) is 9.23. The first kappa shape index (κ1) is 24.5. The zero-order valence-electron chi connectivity index (χ0n) is 18.3. The maximum atomic E-state index is 11.0. The van der Waals surface area contributed by atoms with Crippen molar-refractivity contribution in [2.75, 3.05) is 0 Å². The SMILES string of the molecule is CCCCCCCCCc1cnc(-c2ccc(CCC(C)C(Br)C(=O)O)cc2)nc1. The van der Waals surface area contributed by atoms with Crippen LogP contribution in [0.25, 0.3) is 11.4 Å². The normalized spacial score (nSPS) is 13.2. The molecule has 0 aliphatic heterocycles. The Balaban J connectivity index is 1.77. The van der Waals surface area contributed by atoms with Gasteiger partial charge in [-0.3, -0.25) is 4.79 Å². The topological polar surface area (TPSA) is 63.1 Å². The number of nitrogens with zero attached hydrogens (tertiary/aromatic N) is 2. The molecule has 0 radical (unpaired) electrons. The average molecular weight is 475 g/mol. The van der Waals surface area contributed by atoms with Crippen LogP contribution in [-0.2, 0) is 17.6 Å². The molecule has 1 N–H and O–H groups in total. The number of benzene rings is 1. The Morgan fingerprint density at radius 1 is 0.933 bits per heavy atom. The minimum Gasteiger partial charge on any atom is -0.480 e. The van der Waals surface area contributed by atoms with Crippen LogP contribution in [0.5, 0.6) is 0 Å². The van der Waals surface area contributed by atoms with Crippen LogP contribution in [0.2, 0.25) is 0 Å². The monoisotopic (exact) mass is 474 g/mol. The number of unbranched alkanes of at least 4 members (excludes halogenated alkanes) is 6. The van der Waals surface area contributed by atoms with Gasteiger partial charge in [-0.1, -0.05) is 92.6 Å². The lowest BCUT2D eigenvalue weighted by atomic mass is 9.97. The van der Waals surface area contributed by atoms with Crippen LogP contribution in [0.3, 0.4) is 0 Å². The lowest BCUT2D eigenvalue weighted by Crippen LogP contribution is -2.21. The number of carbonyl (C=O) groups is 1. The number of hydrogen-bond donors (Lipinski definition) is 1. The van der Waals surface area contributed by atoms with E-state index < -0.39 is 10.8 Å². The Labute approximate surface area is 189 Å². The molecule has 0 saturated heterocycles. The van der Waals surface area contributed by atoms with Gasteiger partial charge >= 0.3 is 5.97 Å². The fourth-order valence-corrected chi connectivity index (χ4v) is 3.79. The van der Waals surface area contributed by atoms with E-state index in [1.807, 2.05) is 31.5 Å². The van der Waals surface area contributed by atoms with E-state index in [-0.39, 0.29) is 5.92 Å². The number of carboxylic acid groups (broad SMARTS) is 1. The Kier molecular flexibility index (Phi) is 11.1. The predicted octanol–water partition coefficient (Wildman–Crippen LogP) is 6.85. The molecule has 1 heterocycles. The van der Waals surface area contributed by atoms with Crippen LogP contribution < -0.4 is 0 Å². The van der Waals surface area contributed by atoms with Gasteiger partial charge in [-0.15, -0.1) is 0 Å². The molecule has 0 saturated carbocycles. The average Bonchev–Trinajstić information content (AvgIpc) is 2.77. The summed E-state index contributed by atoms with van der Waals surface area (Å²) in [7, 11) is 0. The summed E-state index contributed by atoms with van der Waals surface area (Å²) in [5, 5.41) is 9.07. The molecule has 0 fully saturated rings. The number of aromatic nitrogens is 2. The van der Waals surface area contributed by atoms with Crippen LogP contribution in [0.1, 0.15) is 76.3 Å². The molecule has 0 aliphatic carbocycles. The third-order valence-corrected chi connectivity index (χ3v) is 6.90. The van der Waals surface area contributed by atoms with E-state index in [1.54, 1.807) is 0 Å². The van der Waals surface area contributed by atoms with Crippen molar-refractivity contribution in [2.45, 2.75) is 82.9 Å². The van der Waals surface area contributed by atoms with Crippen molar-refractivity contribution in [1.29, 1.82) is 0 Å². The van der Waals surface area contributed by atoms with Gasteiger partial charge in [0.05, 0.1) is 0 Å². The van der Waals surface area contributed by atoms with Crippen LogP contribution in [-0.4, -0.2) is 25.9 Å². The van der Waals surface area contributed by atoms with Crippen molar-refractivity contribution in [3.63, 3.8) is 0 Å². The summed E-state index contributed by atoms with van der Waals surface area (Å²) in [6, 6.07) is 8.27. The van der Waals surface area contributed by atoms with E-state index in [2.05, 4.69) is 45.0 Å². The second-order valence-electron chi connectivity index (χ2n) is 8.24. The Bertz CT molecular complexity index is 747. The van der Waals surface area contributed by atoms with E-state index in [0.717, 1.165) is 30.7 Å². The Hall–Kier alpha value is -1.75. The third kappa shape index (κ3) is 8.55. The number of hydrogen-bond acceptors (Lipinski definition) is 3. The van der Waals surface area contributed by atoms with Crippen LogP contribution >= 0.6 is 15.9 Å². The standard InChI is InChI=1S/C25H35BrN2O2/c1-3-4-5-6-7-8-9-10-21-17-27-24(28-18-21)22-15-13-20(14-16-22)12-11-19(2)23(26)25(29)30/h13-19,23H,3-12H2,1-2H3,(H,29,30). The van der Waals surface area contributed by atoms with Gasteiger partial charge in [-0.25, -0.2) is 9.97 Å². The molecule has 0 bridgehead atoms. The highest BCUT2D eigenvalue weighted by Gasteiger charge is 2.20. The third-order valence-electron chi connectivity index (χ3n) is 5.61. The molecule has 5 heteroatoms. The molecule has 1 aromatic carbocycles. The number of rotatable bonds is 14. The van der Waals surface area contributed by atoms with Crippen molar-refractivity contribution in [1.82, 2.24) is 9.97 Å². The zero-order valence-corrected chi connectivity index (χ0v) is 19.9. The number of aliphatic carboxylic acids is 1. The fourth-order valence-electron chi connectivity index (χ4n) is 3.52. The van der Waals surface area contributed by atoms with E-state index in [1.165, 1.54) is 56.1 Å². The number of aryl methyl sites for hydroxylation is 2. The largest absolute Gasteiger partial charge is 0.480 e. The van der Waals surface area contributed by atoms with Crippen molar-refractivity contribution in [3.8, 4) is 11.4 Å². The van der Waals surface area contributed by atoms with E-state index in [9.17, 15) is 4.79 Å². The molecule has 2 aromatic rings. The Morgan fingerprint density at radius 2 is 1.53 bits per heavy atom. The van der Waals surface area contributed by atoms with Crippen molar-refractivity contribution < 1.29 is 9.90 Å². The summed E-state index contributed by atoms with van der Waals surface area (Å²) in [5.74, 6) is 0.0319. The lowest BCUT2D eigenvalue weighted by Gasteiger charge is -2.14. The first-order valence-electron chi connectivity index (χ1n) is 11.3. The number of halogens is 1. The summed E-state index contributed by atoms with van der Waals surface area (Å²) in [5.41, 5.74) is 3.42. The summed E-state index contributed by atoms with van der Waals surface area (Å²) >= 11 is 3.25. The van der Waals surface area contributed by atoms with Gasteiger partial charge in [0.2, 0.25) is 0 Å². The minimum atomic E-state index is -0.801. The van der Waals surface area contributed by atoms with Gasteiger partial charge < -0.3 is 5.11 Å². The molecule has 2 atom stereocenters. The highest BCUT2D eigenvalue weighted by molar-refractivity contribution is 9.10. The van der Waals surface area contributed by atoms with Crippen LogP contribution in [0.15, 0.2) is 36.7 Å². The summed E-state index contributed by atoms with van der Waals surface area (Å²) < 4.78 is 0. The highest BCUT2D eigenvalue weighted by Crippen LogP contribution is 2.21. The molecular weight excluding hydrogens is 440 g/mol. The zero-order chi connectivity index (χ0) is 21.8. The molecule has 30 heavy (non-hydrogen) atoms. The molecule has 0 aliphatic rings. The molecule has 0 amide bonds. The number of carboxylic acids is 1. The molecule has 2 unspecified atom stereocenters. The maximum absolute atomic E-state index is 11.0. The van der Waals surface area contributed by atoms with Gasteiger partial charge in [0.15, 0.2) is 5.82 Å². The smallest absolute Gasteiger partial charge is 0.317 e. The molecule has 2 rings (SSSR count).